The Morgan fingerprint density at radius 1 is 0.778 bits per heavy atom. The summed E-state index contributed by atoms with van der Waals surface area (Å²) in [7, 11) is 0. The van der Waals surface area contributed by atoms with Crippen molar-refractivity contribution < 1.29 is 0 Å². The third kappa shape index (κ3) is 8.17. The molecule has 0 aliphatic rings. The number of hydrogen-bond donors (Lipinski definition) is 4. The fourth-order valence-electron chi connectivity index (χ4n) is 1.78. The van der Waals surface area contributed by atoms with Gasteiger partial charge in [-0.3, -0.25) is 17.1 Å². The van der Waals surface area contributed by atoms with Gasteiger partial charge < -0.3 is 0 Å². The summed E-state index contributed by atoms with van der Waals surface area (Å²) in [6.45, 7) is 8.00. The molecule has 2 aromatic carbocycles. The lowest BCUT2D eigenvalue weighted by atomic mass is 10.3. The average Bonchev–Trinajstić information content (AvgIpc) is 3.35. The number of halogens is 1. The molecule has 2 heterocycles. The fourth-order valence-corrected chi connectivity index (χ4v) is 3.58. The van der Waals surface area contributed by atoms with Gasteiger partial charge in [-0.25, -0.2) is 15.8 Å². The highest BCUT2D eigenvalue weighted by Gasteiger charge is 1.99. The Kier molecular flexibility index (Phi) is 14.2. The van der Waals surface area contributed by atoms with Crippen molar-refractivity contribution in [3.63, 3.8) is 0 Å². The van der Waals surface area contributed by atoms with Crippen LogP contribution in [0.4, 0.5) is 5.13 Å². The van der Waals surface area contributed by atoms with Crippen molar-refractivity contribution >= 4 is 59.8 Å². The summed E-state index contributed by atoms with van der Waals surface area (Å²) in [5.41, 5.74) is 4.50. The summed E-state index contributed by atoms with van der Waals surface area (Å²) in [5, 5.41) is 0.756. The van der Waals surface area contributed by atoms with Gasteiger partial charge >= 0.3 is 0 Å². The van der Waals surface area contributed by atoms with Crippen molar-refractivity contribution in [1.29, 1.82) is 0 Å². The second-order valence-electron chi connectivity index (χ2n) is 4.07. The highest BCUT2D eigenvalue weighted by molar-refractivity contribution is 7.22. The van der Waals surface area contributed by atoms with Crippen molar-refractivity contribution in [3.8, 4) is 0 Å². The number of rotatable bonds is 1. The van der Waals surface area contributed by atoms with E-state index in [1.54, 1.807) is 11.3 Å². The van der Waals surface area contributed by atoms with Crippen LogP contribution in [0.2, 0.25) is 4.47 Å². The molecule has 0 saturated carbocycles. The van der Waals surface area contributed by atoms with Crippen LogP contribution in [0.1, 0.15) is 27.7 Å². The maximum atomic E-state index is 5.69. The Labute approximate surface area is 173 Å². The summed E-state index contributed by atoms with van der Waals surface area (Å²) >= 11 is 8.75. The molecule has 0 radical (unpaired) electrons. The van der Waals surface area contributed by atoms with E-state index in [9.17, 15) is 0 Å². The number of nitrogens with one attached hydrogen (secondary N) is 1. The molecule has 0 amide bonds. The Hall–Kier alpha value is -1.81. The molecule has 4 aromatic rings. The van der Waals surface area contributed by atoms with Crippen molar-refractivity contribution in [1.82, 2.24) is 9.97 Å². The predicted octanol–water partition coefficient (Wildman–Crippen LogP) is 5.40. The minimum atomic E-state index is 0.612. The van der Waals surface area contributed by atoms with Gasteiger partial charge in [0.05, 0.1) is 20.4 Å². The Morgan fingerprint density at radius 3 is 1.67 bits per heavy atom. The number of thiazole rings is 2. The van der Waals surface area contributed by atoms with Gasteiger partial charge in [0, 0.05) is 0 Å². The number of hydrazine groups is 2. The minimum absolute atomic E-state index is 0.612. The van der Waals surface area contributed by atoms with E-state index in [1.165, 1.54) is 11.3 Å². The highest BCUT2D eigenvalue weighted by atomic mass is 35.5. The number of nitrogens with two attached hydrogens (primary N) is 3. The molecule has 7 N–H and O–H groups in total. The van der Waals surface area contributed by atoms with Crippen molar-refractivity contribution in [2.45, 2.75) is 27.7 Å². The molecule has 0 fully saturated rings. The summed E-state index contributed by atoms with van der Waals surface area (Å²) in [4.78, 5) is 8.31. The maximum Gasteiger partial charge on any atom is 0.198 e. The van der Waals surface area contributed by atoms with Gasteiger partial charge in [-0.1, -0.05) is 74.9 Å². The van der Waals surface area contributed by atoms with Crippen LogP contribution in [0.3, 0.4) is 0 Å². The lowest BCUT2D eigenvalue weighted by Gasteiger charge is -1.85. The second kappa shape index (κ2) is 15.3. The van der Waals surface area contributed by atoms with Crippen molar-refractivity contribution in [3.05, 3.63) is 53.0 Å². The van der Waals surface area contributed by atoms with E-state index < -0.39 is 0 Å². The first-order valence-electron chi connectivity index (χ1n) is 8.43. The van der Waals surface area contributed by atoms with Gasteiger partial charge in [0.2, 0.25) is 0 Å². The normalized spacial score (nSPS) is 8.74. The third-order valence-electron chi connectivity index (χ3n) is 2.69. The number of nitrogen functional groups attached to an aromatic ring is 1. The molecule has 2 aromatic heterocycles. The predicted molar refractivity (Wildman–Crippen MR) is 123 cm³/mol. The molecular weight excluding hydrogens is 400 g/mol. The minimum Gasteiger partial charge on any atom is -0.300 e. The summed E-state index contributed by atoms with van der Waals surface area (Å²) in [5.74, 6) is 13.2. The van der Waals surface area contributed by atoms with Gasteiger partial charge in [-0.05, 0) is 24.3 Å². The molecule has 9 heteroatoms. The monoisotopic (exact) mass is 426 g/mol. The number of nitrogens with zero attached hydrogens (tertiary/aromatic N) is 2. The molecule has 0 bridgehead atoms. The van der Waals surface area contributed by atoms with E-state index in [2.05, 4.69) is 27.1 Å². The van der Waals surface area contributed by atoms with Crippen LogP contribution in [-0.2, 0) is 0 Å². The Bertz CT molecular complexity index is 812. The van der Waals surface area contributed by atoms with E-state index in [4.69, 9.17) is 17.4 Å². The first-order valence-corrected chi connectivity index (χ1v) is 10.4. The van der Waals surface area contributed by atoms with E-state index in [0.717, 1.165) is 25.6 Å². The van der Waals surface area contributed by atoms with Crippen LogP contribution >= 0.6 is 34.3 Å². The molecule has 0 spiro atoms. The van der Waals surface area contributed by atoms with Crippen LogP contribution in [0, 0.1) is 0 Å². The molecule has 0 unspecified atom stereocenters. The molecule has 0 saturated heterocycles. The van der Waals surface area contributed by atoms with E-state index in [-0.39, 0.29) is 0 Å². The Morgan fingerprint density at radius 2 is 1.22 bits per heavy atom. The fraction of sp³-hybridized carbons (Fsp3) is 0.222. The summed E-state index contributed by atoms with van der Waals surface area (Å²) in [6, 6.07) is 15.8. The molecule has 0 aliphatic heterocycles. The number of anilines is 1. The van der Waals surface area contributed by atoms with Gasteiger partial charge in [0.1, 0.15) is 0 Å². The van der Waals surface area contributed by atoms with Gasteiger partial charge in [0.15, 0.2) is 9.60 Å². The van der Waals surface area contributed by atoms with Crippen LogP contribution < -0.4 is 23.0 Å². The van der Waals surface area contributed by atoms with E-state index >= 15 is 0 Å². The topological polar surface area (TPSA) is 116 Å². The number of aromatic nitrogens is 2. The molecule has 4 rings (SSSR count). The van der Waals surface area contributed by atoms with Crippen molar-refractivity contribution in [2.75, 3.05) is 5.43 Å². The van der Waals surface area contributed by atoms with Crippen molar-refractivity contribution in [2.24, 2.45) is 17.5 Å². The molecular formula is C18H27ClN6S2. The van der Waals surface area contributed by atoms with Crippen LogP contribution in [0.5, 0.6) is 0 Å². The lowest BCUT2D eigenvalue weighted by Crippen LogP contribution is -2.05. The third-order valence-corrected chi connectivity index (χ3v) is 4.79. The van der Waals surface area contributed by atoms with Gasteiger partial charge in [0.25, 0.3) is 0 Å². The molecule has 27 heavy (non-hydrogen) atoms. The standard InChI is InChI=1S/C7H4ClNS.C7H7N3S.2C2H6.H4N2/c8-7-9-5-3-1-2-4-6(5)10-7;8-10-7-9-5-3-1-2-4-6(5)11-7;3*1-2/h1-4H;1-4H,8H2,(H,9,10);2*1-2H3;1-2H2. The number of hydrogen-bond acceptors (Lipinski definition) is 8. The average molecular weight is 427 g/mol. The maximum absolute atomic E-state index is 5.69. The van der Waals surface area contributed by atoms with E-state index in [1.807, 2.05) is 76.2 Å². The zero-order valence-corrected chi connectivity index (χ0v) is 18.3. The molecule has 0 aliphatic carbocycles. The SMILES string of the molecule is CC.CC.Clc1nc2ccccc2s1.NN.NNc1nc2ccccc2s1. The van der Waals surface area contributed by atoms with Gasteiger partial charge in [-0.15, -0.1) is 11.3 Å². The quantitative estimate of drug-likeness (QED) is 0.239. The smallest absolute Gasteiger partial charge is 0.198 e. The van der Waals surface area contributed by atoms with E-state index in [0.29, 0.717) is 4.47 Å². The van der Waals surface area contributed by atoms with Crippen LogP contribution in [0.25, 0.3) is 20.4 Å². The first kappa shape index (κ1) is 25.2. The largest absolute Gasteiger partial charge is 0.300 e. The summed E-state index contributed by atoms with van der Waals surface area (Å²) < 4.78 is 2.91. The number of para-hydroxylation sites is 2. The number of benzene rings is 2. The second-order valence-corrected chi connectivity index (χ2v) is 6.71. The van der Waals surface area contributed by atoms with Crippen LogP contribution in [-0.4, -0.2) is 9.97 Å². The molecule has 148 valence electrons. The number of fused-ring (bicyclic) bond motifs is 2. The first-order chi connectivity index (χ1) is 13.3. The zero-order valence-electron chi connectivity index (χ0n) is 15.9. The summed E-state index contributed by atoms with van der Waals surface area (Å²) in [6.07, 6.45) is 0. The zero-order chi connectivity index (χ0) is 20.7. The van der Waals surface area contributed by atoms with Gasteiger partial charge in [-0.2, -0.15) is 0 Å². The Balaban J connectivity index is 0.000000394. The lowest BCUT2D eigenvalue weighted by molar-refractivity contribution is 1.26. The highest BCUT2D eigenvalue weighted by Crippen LogP contribution is 2.25. The molecule has 6 nitrogen and oxygen atoms in total. The molecule has 0 atom stereocenters. The van der Waals surface area contributed by atoms with Crippen LogP contribution in [0.15, 0.2) is 48.5 Å².